The third kappa shape index (κ3) is 3.07. The average Bonchev–Trinajstić information content (AvgIpc) is 2.52. The smallest absolute Gasteiger partial charge is 0.162 e. The van der Waals surface area contributed by atoms with Crippen molar-refractivity contribution >= 4 is 0 Å². The molecule has 0 aliphatic heterocycles. The van der Waals surface area contributed by atoms with Crippen LogP contribution >= 0.6 is 0 Å². The van der Waals surface area contributed by atoms with E-state index in [1.807, 2.05) is 18.2 Å². The predicted molar refractivity (Wildman–Crippen MR) is 73.2 cm³/mol. The molecule has 0 aromatic heterocycles. The molecule has 2 rings (SSSR count). The van der Waals surface area contributed by atoms with Crippen LogP contribution in [0.25, 0.3) is 0 Å². The van der Waals surface area contributed by atoms with Gasteiger partial charge in [0.15, 0.2) is 11.5 Å². The van der Waals surface area contributed by atoms with Crippen molar-refractivity contribution < 1.29 is 9.47 Å². The summed E-state index contributed by atoms with van der Waals surface area (Å²) in [5, 5.41) is 17.7. The molecule has 2 aromatic carbocycles. The molecule has 0 saturated heterocycles. The highest BCUT2D eigenvalue weighted by Gasteiger charge is 2.06. The lowest BCUT2D eigenvalue weighted by Crippen LogP contribution is -1.98. The molecular weight excluding hydrogens is 252 g/mol. The molecule has 0 atom stereocenters. The van der Waals surface area contributed by atoms with E-state index in [1.54, 1.807) is 30.3 Å². The van der Waals surface area contributed by atoms with E-state index in [1.165, 1.54) is 7.11 Å². The van der Waals surface area contributed by atoms with E-state index in [4.69, 9.17) is 20.0 Å². The highest BCUT2D eigenvalue weighted by atomic mass is 16.5. The van der Waals surface area contributed by atoms with Crippen LogP contribution in [0.1, 0.15) is 16.7 Å². The number of rotatable bonds is 4. The van der Waals surface area contributed by atoms with Gasteiger partial charge in [0.05, 0.1) is 30.4 Å². The zero-order chi connectivity index (χ0) is 14.4. The van der Waals surface area contributed by atoms with Crippen molar-refractivity contribution in [3.8, 4) is 23.6 Å². The first-order valence-electron chi connectivity index (χ1n) is 5.97. The lowest BCUT2D eigenvalue weighted by Gasteiger charge is -2.11. The molecule has 0 saturated carbocycles. The quantitative estimate of drug-likeness (QED) is 0.851. The molecular formula is C16H12N2O2. The largest absolute Gasteiger partial charge is 0.493 e. The molecule has 0 heterocycles. The Morgan fingerprint density at radius 3 is 2.40 bits per heavy atom. The minimum absolute atomic E-state index is 0.331. The van der Waals surface area contributed by atoms with Crippen LogP contribution in [0.3, 0.4) is 0 Å². The third-order valence-corrected chi connectivity index (χ3v) is 2.74. The number of nitriles is 2. The number of ether oxygens (including phenoxy) is 2. The van der Waals surface area contributed by atoms with Crippen molar-refractivity contribution in [3.63, 3.8) is 0 Å². The summed E-state index contributed by atoms with van der Waals surface area (Å²) >= 11 is 0. The fourth-order valence-corrected chi connectivity index (χ4v) is 1.75. The summed E-state index contributed by atoms with van der Waals surface area (Å²) in [6.07, 6.45) is 0. The van der Waals surface area contributed by atoms with Crippen LogP contribution in [-0.2, 0) is 6.61 Å². The Morgan fingerprint density at radius 2 is 1.70 bits per heavy atom. The van der Waals surface area contributed by atoms with Gasteiger partial charge in [-0.2, -0.15) is 10.5 Å². The molecule has 0 amide bonds. The lowest BCUT2D eigenvalue weighted by atomic mass is 10.1. The lowest BCUT2D eigenvalue weighted by molar-refractivity contribution is 0.284. The van der Waals surface area contributed by atoms with Gasteiger partial charge in [0.2, 0.25) is 0 Å². The molecule has 2 aromatic rings. The normalized spacial score (nSPS) is 9.35. The second-order valence-corrected chi connectivity index (χ2v) is 4.08. The molecule has 98 valence electrons. The number of hydrogen-bond donors (Lipinski definition) is 0. The zero-order valence-electron chi connectivity index (χ0n) is 11.0. The van der Waals surface area contributed by atoms with Crippen LogP contribution in [0.4, 0.5) is 0 Å². The molecule has 4 nitrogen and oxygen atoms in total. The van der Waals surface area contributed by atoms with E-state index in [0.717, 1.165) is 5.56 Å². The molecule has 0 fully saturated rings. The van der Waals surface area contributed by atoms with Crippen LogP contribution in [0.5, 0.6) is 11.5 Å². The Morgan fingerprint density at radius 1 is 0.950 bits per heavy atom. The predicted octanol–water partition coefficient (Wildman–Crippen LogP) is 3.02. The van der Waals surface area contributed by atoms with Gasteiger partial charge in [0, 0.05) is 6.07 Å². The standard InChI is InChI=1S/C16H12N2O2/c1-19-16-8-13(10-18)5-6-15(16)20-11-14-4-2-3-12(7-14)9-17/h2-8H,11H2,1H3. The minimum atomic E-state index is 0.331. The Labute approximate surface area is 117 Å². The van der Waals surface area contributed by atoms with Crippen molar-refractivity contribution in [3.05, 3.63) is 59.2 Å². The van der Waals surface area contributed by atoms with Crippen molar-refractivity contribution in [2.45, 2.75) is 6.61 Å². The molecule has 0 bridgehead atoms. The molecule has 0 spiro atoms. The zero-order valence-corrected chi connectivity index (χ0v) is 11.0. The molecule has 20 heavy (non-hydrogen) atoms. The molecule has 0 unspecified atom stereocenters. The highest BCUT2D eigenvalue weighted by molar-refractivity contribution is 5.46. The van der Waals surface area contributed by atoms with Gasteiger partial charge in [-0.25, -0.2) is 0 Å². The first kappa shape index (κ1) is 13.5. The maximum absolute atomic E-state index is 8.85. The maximum Gasteiger partial charge on any atom is 0.162 e. The molecule has 4 heteroatoms. The summed E-state index contributed by atoms with van der Waals surface area (Å²) in [6, 6.07) is 16.3. The van der Waals surface area contributed by atoms with Gasteiger partial charge in [-0.15, -0.1) is 0 Å². The van der Waals surface area contributed by atoms with Gasteiger partial charge < -0.3 is 9.47 Å². The van der Waals surface area contributed by atoms with Crippen LogP contribution < -0.4 is 9.47 Å². The SMILES string of the molecule is COc1cc(C#N)ccc1OCc1cccc(C#N)c1. The summed E-state index contributed by atoms with van der Waals surface area (Å²) in [7, 11) is 1.53. The van der Waals surface area contributed by atoms with Gasteiger partial charge in [-0.1, -0.05) is 12.1 Å². The van der Waals surface area contributed by atoms with Crippen LogP contribution in [0.2, 0.25) is 0 Å². The first-order chi connectivity index (χ1) is 9.76. The van der Waals surface area contributed by atoms with Gasteiger partial charge >= 0.3 is 0 Å². The van der Waals surface area contributed by atoms with Crippen molar-refractivity contribution in [1.29, 1.82) is 10.5 Å². The molecule has 0 radical (unpaired) electrons. The van der Waals surface area contributed by atoms with Gasteiger partial charge in [0.25, 0.3) is 0 Å². The van der Waals surface area contributed by atoms with Crippen LogP contribution in [0, 0.1) is 22.7 Å². The molecule has 0 aliphatic rings. The van der Waals surface area contributed by atoms with Crippen molar-refractivity contribution in [2.24, 2.45) is 0 Å². The van der Waals surface area contributed by atoms with Crippen LogP contribution in [0.15, 0.2) is 42.5 Å². The monoisotopic (exact) mass is 264 g/mol. The van der Waals surface area contributed by atoms with E-state index in [2.05, 4.69) is 6.07 Å². The maximum atomic E-state index is 8.85. The van der Waals surface area contributed by atoms with E-state index in [9.17, 15) is 0 Å². The topological polar surface area (TPSA) is 66.0 Å². The summed E-state index contributed by atoms with van der Waals surface area (Å²) < 4.78 is 10.9. The third-order valence-electron chi connectivity index (χ3n) is 2.74. The molecule has 0 N–H and O–H groups in total. The first-order valence-corrected chi connectivity index (χ1v) is 5.97. The molecule has 0 aliphatic carbocycles. The number of methoxy groups -OCH3 is 1. The van der Waals surface area contributed by atoms with Crippen molar-refractivity contribution in [2.75, 3.05) is 7.11 Å². The summed E-state index contributed by atoms with van der Waals surface area (Å²) in [5.41, 5.74) is 2.01. The van der Waals surface area contributed by atoms with E-state index >= 15 is 0 Å². The minimum Gasteiger partial charge on any atom is -0.493 e. The van der Waals surface area contributed by atoms with E-state index < -0.39 is 0 Å². The highest BCUT2D eigenvalue weighted by Crippen LogP contribution is 2.28. The van der Waals surface area contributed by atoms with Crippen LogP contribution in [-0.4, -0.2) is 7.11 Å². The Hall–Kier alpha value is -2.98. The van der Waals surface area contributed by atoms with Gasteiger partial charge in [0.1, 0.15) is 6.61 Å². The summed E-state index contributed by atoms with van der Waals surface area (Å²) in [5.74, 6) is 1.08. The summed E-state index contributed by atoms with van der Waals surface area (Å²) in [4.78, 5) is 0. The van der Waals surface area contributed by atoms with Gasteiger partial charge in [-0.3, -0.25) is 0 Å². The number of hydrogen-bond acceptors (Lipinski definition) is 4. The second-order valence-electron chi connectivity index (χ2n) is 4.08. The Bertz CT molecular complexity index is 696. The van der Waals surface area contributed by atoms with Gasteiger partial charge in [-0.05, 0) is 29.8 Å². The Kier molecular flexibility index (Phi) is 4.21. The fourth-order valence-electron chi connectivity index (χ4n) is 1.75. The number of nitrogens with zero attached hydrogens (tertiary/aromatic N) is 2. The van der Waals surface area contributed by atoms with Crippen molar-refractivity contribution in [1.82, 2.24) is 0 Å². The summed E-state index contributed by atoms with van der Waals surface area (Å²) in [6.45, 7) is 0.331. The Balaban J connectivity index is 2.15. The van der Waals surface area contributed by atoms with E-state index in [-0.39, 0.29) is 0 Å². The average molecular weight is 264 g/mol. The van der Waals surface area contributed by atoms with E-state index in [0.29, 0.717) is 29.2 Å². The second kappa shape index (κ2) is 6.26. The number of benzene rings is 2. The fraction of sp³-hybridized carbons (Fsp3) is 0.125.